The Kier molecular flexibility index (Phi) is 9.54. The van der Waals surface area contributed by atoms with Gasteiger partial charge in [-0.15, -0.1) is 0 Å². The molecule has 0 aliphatic rings. The summed E-state index contributed by atoms with van der Waals surface area (Å²) in [4.78, 5) is 14.2. The van der Waals surface area contributed by atoms with Gasteiger partial charge in [0, 0.05) is 18.7 Å². The SMILES string of the molecule is CCCCCCCC(=O)N(CCC#N)c1ccc(OCC)cc1. The van der Waals surface area contributed by atoms with E-state index in [0.717, 1.165) is 24.3 Å². The van der Waals surface area contributed by atoms with Crippen LogP contribution in [0.3, 0.4) is 0 Å². The lowest BCUT2D eigenvalue weighted by molar-refractivity contribution is -0.118. The smallest absolute Gasteiger partial charge is 0.227 e. The second-order valence-electron chi connectivity index (χ2n) is 5.54. The molecule has 0 fully saturated rings. The second-order valence-corrected chi connectivity index (χ2v) is 5.54. The van der Waals surface area contributed by atoms with Gasteiger partial charge < -0.3 is 9.64 Å². The van der Waals surface area contributed by atoms with Crippen molar-refractivity contribution in [3.05, 3.63) is 24.3 Å². The average Bonchev–Trinajstić information content (AvgIpc) is 2.56. The van der Waals surface area contributed by atoms with Crippen LogP contribution in [0.1, 0.15) is 58.8 Å². The fourth-order valence-electron chi connectivity index (χ4n) is 2.46. The van der Waals surface area contributed by atoms with Crippen molar-refractivity contribution < 1.29 is 9.53 Å². The minimum Gasteiger partial charge on any atom is -0.494 e. The summed E-state index contributed by atoms with van der Waals surface area (Å²) in [6.45, 7) is 5.18. The van der Waals surface area contributed by atoms with Crippen LogP contribution in [0.2, 0.25) is 0 Å². The number of rotatable bonds is 11. The molecule has 0 atom stereocenters. The Bertz CT molecular complexity index is 491. The van der Waals surface area contributed by atoms with Gasteiger partial charge in [0.05, 0.1) is 19.1 Å². The maximum atomic E-state index is 12.5. The lowest BCUT2D eigenvalue weighted by atomic mass is 10.1. The highest BCUT2D eigenvalue weighted by molar-refractivity contribution is 5.93. The summed E-state index contributed by atoms with van der Waals surface area (Å²) in [5, 5.41) is 8.82. The number of amides is 1. The molecule has 126 valence electrons. The van der Waals surface area contributed by atoms with E-state index in [1.807, 2.05) is 31.2 Å². The number of anilines is 1. The fraction of sp³-hybridized carbons (Fsp3) is 0.579. The topological polar surface area (TPSA) is 53.3 Å². The van der Waals surface area contributed by atoms with E-state index >= 15 is 0 Å². The number of unbranched alkanes of at least 4 members (excludes halogenated alkanes) is 4. The number of carbonyl (C=O) groups is 1. The Hall–Kier alpha value is -2.02. The van der Waals surface area contributed by atoms with E-state index in [1.165, 1.54) is 19.3 Å². The predicted molar refractivity (Wildman–Crippen MR) is 93.6 cm³/mol. The molecule has 4 heteroatoms. The molecular formula is C19H28N2O2. The zero-order valence-corrected chi connectivity index (χ0v) is 14.4. The molecule has 0 radical (unpaired) electrons. The molecule has 1 aromatic rings. The summed E-state index contributed by atoms with van der Waals surface area (Å²) in [5.41, 5.74) is 0.835. The monoisotopic (exact) mass is 316 g/mol. The van der Waals surface area contributed by atoms with Crippen molar-refractivity contribution in [1.82, 2.24) is 0 Å². The molecule has 23 heavy (non-hydrogen) atoms. The van der Waals surface area contributed by atoms with Crippen LogP contribution in [-0.4, -0.2) is 19.1 Å². The van der Waals surface area contributed by atoms with Crippen molar-refractivity contribution in [1.29, 1.82) is 5.26 Å². The van der Waals surface area contributed by atoms with Gasteiger partial charge >= 0.3 is 0 Å². The first kappa shape index (κ1) is 19.0. The van der Waals surface area contributed by atoms with E-state index in [9.17, 15) is 4.79 Å². The summed E-state index contributed by atoms with van der Waals surface area (Å²) in [5.74, 6) is 0.893. The molecule has 4 nitrogen and oxygen atoms in total. The number of carbonyl (C=O) groups excluding carboxylic acids is 1. The van der Waals surface area contributed by atoms with Crippen molar-refractivity contribution in [2.75, 3.05) is 18.1 Å². The number of hydrogen-bond donors (Lipinski definition) is 0. The van der Waals surface area contributed by atoms with E-state index < -0.39 is 0 Å². The standard InChI is InChI=1S/C19H28N2O2/c1-3-5-6-7-8-10-19(22)21(16-9-15-20)17-11-13-18(14-12-17)23-4-2/h11-14H,3-10,16H2,1-2H3. The third kappa shape index (κ3) is 7.19. The van der Waals surface area contributed by atoms with Gasteiger partial charge in [-0.25, -0.2) is 0 Å². The molecule has 0 saturated heterocycles. The summed E-state index contributed by atoms with van der Waals surface area (Å²) in [7, 11) is 0. The number of ether oxygens (including phenoxy) is 1. The van der Waals surface area contributed by atoms with Crippen LogP contribution in [0.15, 0.2) is 24.3 Å². The molecule has 0 N–H and O–H groups in total. The lowest BCUT2D eigenvalue weighted by Gasteiger charge is -2.22. The van der Waals surface area contributed by atoms with Crippen molar-refractivity contribution >= 4 is 11.6 Å². The molecule has 1 amide bonds. The number of nitrogens with zero attached hydrogens (tertiary/aromatic N) is 2. The Morgan fingerprint density at radius 2 is 1.83 bits per heavy atom. The first-order valence-corrected chi connectivity index (χ1v) is 8.63. The second kappa shape index (κ2) is 11.5. The van der Waals surface area contributed by atoms with Crippen molar-refractivity contribution in [2.45, 2.75) is 58.8 Å². The molecule has 0 aliphatic carbocycles. The third-order valence-electron chi connectivity index (χ3n) is 3.70. The Morgan fingerprint density at radius 3 is 2.43 bits per heavy atom. The highest BCUT2D eigenvalue weighted by atomic mass is 16.5. The van der Waals surface area contributed by atoms with Crippen LogP contribution in [0.4, 0.5) is 5.69 Å². The van der Waals surface area contributed by atoms with Crippen LogP contribution in [-0.2, 0) is 4.79 Å². The minimum absolute atomic E-state index is 0.0981. The highest BCUT2D eigenvalue weighted by Crippen LogP contribution is 2.21. The average molecular weight is 316 g/mol. The van der Waals surface area contributed by atoms with Gasteiger partial charge in [0.2, 0.25) is 5.91 Å². The fourth-order valence-corrected chi connectivity index (χ4v) is 2.46. The zero-order valence-electron chi connectivity index (χ0n) is 14.4. The van der Waals surface area contributed by atoms with E-state index in [1.54, 1.807) is 4.90 Å². The first-order chi connectivity index (χ1) is 11.2. The molecule has 0 spiro atoms. The Balaban J connectivity index is 2.63. The molecule has 0 aromatic heterocycles. The Morgan fingerprint density at radius 1 is 1.13 bits per heavy atom. The minimum atomic E-state index is 0.0981. The quantitative estimate of drug-likeness (QED) is 0.556. The number of benzene rings is 1. The van der Waals surface area contributed by atoms with Gasteiger partial charge in [0.25, 0.3) is 0 Å². The molecular weight excluding hydrogens is 288 g/mol. The van der Waals surface area contributed by atoms with Gasteiger partial charge in [-0.3, -0.25) is 4.79 Å². The van der Waals surface area contributed by atoms with Crippen LogP contribution < -0.4 is 9.64 Å². The van der Waals surface area contributed by atoms with Crippen molar-refractivity contribution in [3.8, 4) is 11.8 Å². The van der Waals surface area contributed by atoms with Crippen LogP contribution in [0, 0.1) is 11.3 Å². The maximum absolute atomic E-state index is 12.5. The molecule has 1 rings (SSSR count). The van der Waals surface area contributed by atoms with Crippen molar-refractivity contribution in [2.24, 2.45) is 0 Å². The summed E-state index contributed by atoms with van der Waals surface area (Å²) in [6, 6.07) is 9.63. The largest absolute Gasteiger partial charge is 0.494 e. The molecule has 1 aromatic carbocycles. The van der Waals surface area contributed by atoms with Gasteiger partial charge in [-0.2, -0.15) is 5.26 Å². The van der Waals surface area contributed by atoms with Gasteiger partial charge in [0.15, 0.2) is 0 Å². The normalized spacial score (nSPS) is 10.1. The summed E-state index contributed by atoms with van der Waals surface area (Å²) in [6.07, 6.45) is 6.51. The predicted octanol–water partition coefficient (Wildman–Crippen LogP) is 4.69. The lowest BCUT2D eigenvalue weighted by Crippen LogP contribution is -2.31. The van der Waals surface area contributed by atoms with E-state index in [0.29, 0.717) is 26.0 Å². The maximum Gasteiger partial charge on any atom is 0.227 e. The molecule has 0 saturated carbocycles. The number of nitriles is 1. The zero-order chi connectivity index (χ0) is 16.9. The number of hydrogen-bond acceptors (Lipinski definition) is 3. The first-order valence-electron chi connectivity index (χ1n) is 8.63. The summed E-state index contributed by atoms with van der Waals surface area (Å²) >= 11 is 0. The molecule has 0 heterocycles. The van der Waals surface area contributed by atoms with Crippen LogP contribution in [0.5, 0.6) is 5.75 Å². The van der Waals surface area contributed by atoms with Crippen LogP contribution >= 0.6 is 0 Å². The van der Waals surface area contributed by atoms with Gasteiger partial charge in [-0.05, 0) is 37.6 Å². The van der Waals surface area contributed by atoms with E-state index in [-0.39, 0.29) is 5.91 Å². The van der Waals surface area contributed by atoms with Gasteiger partial charge in [-0.1, -0.05) is 32.6 Å². The highest BCUT2D eigenvalue weighted by Gasteiger charge is 2.15. The molecule has 0 unspecified atom stereocenters. The molecule has 0 bridgehead atoms. The summed E-state index contributed by atoms with van der Waals surface area (Å²) < 4.78 is 5.43. The Labute approximate surface area is 140 Å². The third-order valence-corrected chi connectivity index (χ3v) is 3.70. The van der Waals surface area contributed by atoms with Crippen molar-refractivity contribution in [3.63, 3.8) is 0 Å². The molecule has 0 aliphatic heterocycles. The van der Waals surface area contributed by atoms with E-state index in [2.05, 4.69) is 13.0 Å². The van der Waals surface area contributed by atoms with Gasteiger partial charge in [0.1, 0.15) is 5.75 Å². The van der Waals surface area contributed by atoms with Crippen LogP contribution in [0.25, 0.3) is 0 Å². The van der Waals surface area contributed by atoms with E-state index in [4.69, 9.17) is 10.00 Å².